The molecule has 18 heavy (non-hydrogen) atoms. The van der Waals surface area contributed by atoms with E-state index in [1.807, 2.05) is 0 Å². The summed E-state index contributed by atoms with van der Waals surface area (Å²) in [7, 11) is -4.48. The number of hydrogen-bond acceptors (Lipinski definition) is 2. The van der Waals surface area contributed by atoms with Crippen molar-refractivity contribution in [2.24, 2.45) is 11.8 Å². The first-order valence-electron chi connectivity index (χ1n) is 6.55. The zero-order valence-electron chi connectivity index (χ0n) is 11.1. The molecule has 2 bridgehead atoms. The second kappa shape index (κ2) is 4.40. The molecule has 0 aromatic heterocycles. The Morgan fingerprint density at radius 1 is 1.17 bits per heavy atom. The molecule has 0 aromatic carbocycles. The molecule has 2 aliphatic rings. The summed E-state index contributed by atoms with van der Waals surface area (Å²) in [5.74, 6) is 0.944. The number of hydrogen-bond donors (Lipinski definition) is 0. The first kappa shape index (κ1) is 14.2. The second-order valence-corrected chi connectivity index (χ2v) is 8.09. The smallest absolute Gasteiger partial charge is 0.206 e. The van der Waals surface area contributed by atoms with Crippen LogP contribution < -0.4 is 0 Å². The number of sulfonamides is 1. The average molecular weight is 281 g/mol. The van der Waals surface area contributed by atoms with Crippen LogP contribution >= 0.6 is 0 Å². The zero-order valence-corrected chi connectivity index (χ0v) is 11.9. The van der Waals surface area contributed by atoms with Crippen LogP contribution in [0.3, 0.4) is 0 Å². The summed E-state index contributed by atoms with van der Waals surface area (Å²) in [6, 6.07) is -0.432. The zero-order chi connectivity index (χ0) is 13.7. The SMILES string of the molecule is CC(C)C1CC2CCC(C1)N2S(=O)(=O)C(C)(F)F. The molecule has 2 unspecified atom stereocenters. The van der Waals surface area contributed by atoms with Crippen molar-refractivity contribution in [3.05, 3.63) is 0 Å². The number of piperidine rings is 1. The standard InChI is InChI=1S/C12H21F2NO2S/c1-8(2)9-6-10-4-5-11(7-9)15(10)18(16,17)12(3,13)14/h8-11H,4-7H2,1-3H3. The second-order valence-electron chi connectivity index (χ2n) is 6.00. The molecule has 2 aliphatic heterocycles. The van der Waals surface area contributed by atoms with Crippen LogP contribution in [-0.4, -0.2) is 30.1 Å². The van der Waals surface area contributed by atoms with Crippen molar-refractivity contribution in [2.45, 2.75) is 63.8 Å². The Kier molecular flexibility index (Phi) is 3.47. The van der Waals surface area contributed by atoms with Gasteiger partial charge in [-0.25, -0.2) is 8.42 Å². The van der Waals surface area contributed by atoms with E-state index in [0.29, 0.717) is 18.8 Å². The Morgan fingerprint density at radius 2 is 1.61 bits per heavy atom. The third kappa shape index (κ3) is 2.18. The molecule has 0 aromatic rings. The fourth-order valence-electron chi connectivity index (χ4n) is 3.30. The van der Waals surface area contributed by atoms with E-state index in [-0.39, 0.29) is 12.1 Å². The van der Waals surface area contributed by atoms with E-state index in [1.165, 1.54) is 0 Å². The molecule has 2 fully saturated rings. The van der Waals surface area contributed by atoms with Crippen LogP contribution in [0.2, 0.25) is 0 Å². The van der Waals surface area contributed by atoms with E-state index >= 15 is 0 Å². The maximum atomic E-state index is 13.3. The van der Waals surface area contributed by atoms with Crippen molar-refractivity contribution in [1.82, 2.24) is 4.31 Å². The normalized spacial score (nSPS) is 34.2. The lowest BCUT2D eigenvalue weighted by Gasteiger charge is -2.40. The van der Waals surface area contributed by atoms with Gasteiger partial charge in [0.15, 0.2) is 0 Å². The van der Waals surface area contributed by atoms with Gasteiger partial charge in [-0.15, -0.1) is 0 Å². The van der Waals surface area contributed by atoms with E-state index in [4.69, 9.17) is 0 Å². The van der Waals surface area contributed by atoms with Crippen molar-refractivity contribution in [3.8, 4) is 0 Å². The highest BCUT2D eigenvalue weighted by Gasteiger charge is 2.54. The van der Waals surface area contributed by atoms with Gasteiger partial charge in [0.2, 0.25) is 0 Å². The van der Waals surface area contributed by atoms with Gasteiger partial charge in [-0.2, -0.15) is 13.1 Å². The van der Waals surface area contributed by atoms with Crippen LogP contribution in [-0.2, 0) is 10.0 Å². The maximum absolute atomic E-state index is 13.3. The molecule has 0 N–H and O–H groups in total. The molecule has 106 valence electrons. The van der Waals surface area contributed by atoms with E-state index in [0.717, 1.165) is 30.0 Å². The lowest BCUT2D eigenvalue weighted by Crippen LogP contribution is -2.51. The van der Waals surface area contributed by atoms with Crippen LogP contribution in [0.15, 0.2) is 0 Å². The Balaban J connectivity index is 2.25. The first-order valence-corrected chi connectivity index (χ1v) is 7.99. The molecule has 0 aliphatic carbocycles. The fraction of sp³-hybridized carbons (Fsp3) is 1.00. The lowest BCUT2D eigenvalue weighted by molar-refractivity contribution is 0.0868. The van der Waals surface area contributed by atoms with Gasteiger partial charge < -0.3 is 0 Å². The molecular formula is C12H21F2NO2S. The fourth-order valence-corrected chi connectivity index (χ4v) is 4.84. The monoisotopic (exact) mass is 281 g/mol. The van der Waals surface area contributed by atoms with Gasteiger partial charge in [0.05, 0.1) is 0 Å². The molecule has 0 saturated carbocycles. The van der Waals surface area contributed by atoms with Crippen LogP contribution in [0, 0.1) is 11.8 Å². The number of fused-ring (bicyclic) bond motifs is 2. The molecule has 0 radical (unpaired) electrons. The summed E-state index contributed by atoms with van der Waals surface area (Å²) in [4.78, 5) is 0. The summed E-state index contributed by atoms with van der Waals surface area (Å²) in [5, 5.41) is -3.67. The highest BCUT2D eigenvalue weighted by Crippen LogP contribution is 2.45. The van der Waals surface area contributed by atoms with Gasteiger partial charge in [-0.1, -0.05) is 13.8 Å². The van der Waals surface area contributed by atoms with Crippen molar-refractivity contribution in [1.29, 1.82) is 0 Å². The number of alkyl halides is 2. The predicted molar refractivity (Wildman–Crippen MR) is 65.8 cm³/mol. The summed E-state index contributed by atoms with van der Waals surface area (Å²) in [5.41, 5.74) is 0. The molecule has 0 amide bonds. The minimum absolute atomic E-state index is 0.216. The van der Waals surface area contributed by atoms with E-state index in [1.54, 1.807) is 0 Å². The average Bonchev–Trinajstić information content (AvgIpc) is 2.48. The predicted octanol–water partition coefficient (Wildman–Crippen LogP) is 2.83. The molecule has 2 rings (SSSR count). The Morgan fingerprint density at radius 3 is 1.94 bits per heavy atom. The minimum Gasteiger partial charge on any atom is -0.206 e. The summed E-state index contributed by atoms with van der Waals surface area (Å²) in [6.07, 6.45) is 2.90. The Hall–Kier alpha value is -0.230. The Bertz CT molecular complexity index is 402. The van der Waals surface area contributed by atoms with Gasteiger partial charge in [0.1, 0.15) is 0 Å². The topological polar surface area (TPSA) is 37.4 Å². The van der Waals surface area contributed by atoms with E-state index in [2.05, 4.69) is 13.8 Å². The molecule has 2 heterocycles. The van der Waals surface area contributed by atoms with Crippen molar-refractivity contribution in [3.63, 3.8) is 0 Å². The van der Waals surface area contributed by atoms with Crippen LogP contribution in [0.25, 0.3) is 0 Å². The molecular weight excluding hydrogens is 260 g/mol. The highest BCUT2D eigenvalue weighted by atomic mass is 32.2. The van der Waals surface area contributed by atoms with E-state index in [9.17, 15) is 17.2 Å². The van der Waals surface area contributed by atoms with Gasteiger partial charge in [0, 0.05) is 19.0 Å². The largest absolute Gasteiger partial charge is 0.356 e. The number of nitrogens with zero attached hydrogens (tertiary/aromatic N) is 1. The third-order valence-corrected chi connectivity index (χ3v) is 6.43. The van der Waals surface area contributed by atoms with Gasteiger partial charge in [-0.3, -0.25) is 0 Å². The van der Waals surface area contributed by atoms with Crippen molar-refractivity contribution in [2.75, 3.05) is 0 Å². The van der Waals surface area contributed by atoms with E-state index < -0.39 is 15.3 Å². The van der Waals surface area contributed by atoms with Crippen molar-refractivity contribution >= 4 is 10.0 Å². The van der Waals surface area contributed by atoms with Crippen LogP contribution in [0.4, 0.5) is 8.78 Å². The third-order valence-electron chi connectivity index (χ3n) is 4.38. The molecule has 2 saturated heterocycles. The summed E-state index contributed by atoms with van der Waals surface area (Å²) in [6.45, 7) is 4.71. The van der Waals surface area contributed by atoms with Gasteiger partial charge in [-0.05, 0) is 37.5 Å². The number of halogens is 2. The van der Waals surface area contributed by atoms with Crippen LogP contribution in [0.1, 0.15) is 46.5 Å². The highest BCUT2D eigenvalue weighted by molar-refractivity contribution is 7.90. The van der Waals surface area contributed by atoms with Crippen molar-refractivity contribution < 1.29 is 17.2 Å². The van der Waals surface area contributed by atoms with Gasteiger partial charge >= 0.3 is 5.25 Å². The van der Waals surface area contributed by atoms with Crippen LogP contribution in [0.5, 0.6) is 0 Å². The minimum atomic E-state index is -4.48. The number of rotatable bonds is 3. The van der Waals surface area contributed by atoms with Gasteiger partial charge in [0.25, 0.3) is 10.0 Å². The Labute approximate surface area is 108 Å². The molecule has 0 spiro atoms. The molecule has 6 heteroatoms. The molecule has 2 atom stereocenters. The quantitative estimate of drug-likeness (QED) is 0.797. The lowest BCUT2D eigenvalue weighted by atomic mass is 9.84. The maximum Gasteiger partial charge on any atom is 0.356 e. The summed E-state index contributed by atoms with van der Waals surface area (Å²) >= 11 is 0. The molecule has 3 nitrogen and oxygen atoms in total. The summed E-state index contributed by atoms with van der Waals surface area (Å²) < 4.78 is 51.5. The first-order chi connectivity index (χ1) is 8.14.